The summed E-state index contributed by atoms with van der Waals surface area (Å²) in [6.45, 7) is 18.2. The number of anilines is 1. The van der Waals surface area contributed by atoms with Crippen LogP contribution >= 0.6 is 0 Å². The highest BCUT2D eigenvalue weighted by molar-refractivity contribution is 6.03. The molecule has 4 saturated heterocycles. The maximum atomic E-state index is 17.4. The molecule has 1 amide bonds. The molecule has 0 aliphatic carbocycles. The molecule has 5 aliphatic heterocycles. The number of hydrogen-bond acceptors (Lipinski definition) is 9. The molecule has 5 aliphatic rings. The fourth-order valence-corrected chi connectivity index (χ4v) is 9.61. The molecule has 0 N–H and O–H groups in total. The molecule has 9 rings (SSSR count). The number of piperazine rings is 1. The topological polar surface area (TPSA) is 93.2 Å². The van der Waals surface area contributed by atoms with Gasteiger partial charge in [0, 0.05) is 30.6 Å². The van der Waals surface area contributed by atoms with E-state index in [2.05, 4.69) is 28.9 Å². The van der Waals surface area contributed by atoms with Gasteiger partial charge in [-0.25, -0.2) is 18.6 Å². The van der Waals surface area contributed by atoms with E-state index in [0.717, 1.165) is 49.9 Å². The fourth-order valence-electron chi connectivity index (χ4n) is 9.61. The van der Waals surface area contributed by atoms with E-state index in [0.29, 0.717) is 34.1 Å². The molecule has 0 unspecified atom stereocenters. The quantitative estimate of drug-likeness (QED) is 0.160. The second-order valence-corrected chi connectivity index (χ2v) is 16.5. The third-order valence-corrected chi connectivity index (χ3v) is 11.6. The van der Waals surface area contributed by atoms with Gasteiger partial charge >= 0.3 is 12.1 Å². The molecule has 2 aromatic heterocycles. The Morgan fingerprint density at radius 3 is 2.56 bits per heavy atom. The molecule has 12 heteroatoms. The van der Waals surface area contributed by atoms with E-state index in [4.69, 9.17) is 35.6 Å². The van der Waals surface area contributed by atoms with Crippen LogP contribution in [0.5, 0.6) is 11.9 Å². The normalized spacial score (nSPS) is 24.3. The van der Waals surface area contributed by atoms with E-state index in [1.54, 1.807) is 24.3 Å². The Hall–Kier alpha value is -5.28. The molecule has 10 nitrogen and oxygen atoms in total. The lowest BCUT2D eigenvalue weighted by molar-refractivity contribution is 0.000937. The van der Waals surface area contributed by atoms with Crippen LogP contribution in [0.1, 0.15) is 58.9 Å². The number of fused-ring (bicyclic) bond motifs is 7. The molecule has 0 radical (unpaired) electrons. The van der Waals surface area contributed by atoms with Crippen molar-refractivity contribution in [1.82, 2.24) is 24.8 Å². The van der Waals surface area contributed by atoms with E-state index >= 15 is 8.78 Å². The Kier molecular flexibility index (Phi) is 7.74. The zero-order chi connectivity index (χ0) is 37.8. The largest absolute Gasteiger partial charge is 0.472 e. The summed E-state index contributed by atoms with van der Waals surface area (Å²) >= 11 is 0. The molecule has 0 spiro atoms. The number of carbonyl (C=O) groups excluding carboxylic acids is 1. The smallest absolute Gasteiger partial charge is 0.410 e. The zero-order valence-electron chi connectivity index (χ0n) is 30.9. The Labute approximate surface area is 312 Å². The SMILES string of the molecule is C#Cc1c(F)ccc2cccc(-c3nc4c5c(nc(OCC67CC(=C)CN6CC(=C)C7)nc5c3F)N3C[C@H]5CC[C@@H]([C@H]3[C@H](C)O4)N5C(=O)OC(C)(C)C)c12. The van der Waals surface area contributed by atoms with Crippen LogP contribution in [0.2, 0.25) is 0 Å². The number of rotatable bonds is 4. The summed E-state index contributed by atoms with van der Waals surface area (Å²) in [5.74, 6) is 1.67. The molecule has 4 aromatic rings. The third kappa shape index (κ3) is 5.30. The van der Waals surface area contributed by atoms with Gasteiger partial charge < -0.3 is 19.1 Å². The maximum Gasteiger partial charge on any atom is 0.410 e. The molecule has 0 saturated carbocycles. The number of aromatic nitrogens is 3. The van der Waals surface area contributed by atoms with Crippen LogP contribution in [-0.4, -0.2) is 92.5 Å². The maximum absolute atomic E-state index is 17.4. The van der Waals surface area contributed by atoms with E-state index in [1.807, 2.05) is 32.6 Å². The van der Waals surface area contributed by atoms with Crippen molar-refractivity contribution in [3.8, 4) is 35.5 Å². The summed E-state index contributed by atoms with van der Waals surface area (Å²) in [4.78, 5) is 34.5. The number of pyridine rings is 1. The number of amides is 1. The van der Waals surface area contributed by atoms with Crippen LogP contribution < -0.4 is 14.4 Å². The summed E-state index contributed by atoms with van der Waals surface area (Å²) < 4.78 is 51.6. The molecule has 4 atom stereocenters. The zero-order valence-corrected chi connectivity index (χ0v) is 30.9. The highest BCUT2D eigenvalue weighted by atomic mass is 19.1. The van der Waals surface area contributed by atoms with Crippen molar-refractivity contribution >= 4 is 33.6 Å². The van der Waals surface area contributed by atoms with Crippen LogP contribution in [0, 0.1) is 24.0 Å². The number of carbonyl (C=O) groups is 1. The van der Waals surface area contributed by atoms with Gasteiger partial charge in [-0.1, -0.05) is 54.5 Å². The minimum Gasteiger partial charge on any atom is -0.472 e. The van der Waals surface area contributed by atoms with Crippen molar-refractivity contribution in [3.05, 3.63) is 71.8 Å². The van der Waals surface area contributed by atoms with Crippen molar-refractivity contribution in [2.45, 2.75) is 88.7 Å². The van der Waals surface area contributed by atoms with E-state index in [9.17, 15) is 4.79 Å². The average molecular weight is 733 g/mol. The predicted molar refractivity (Wildman–Crippen MR) is 202 cm³/mol. The highest BCUT2D eigenvalue weighted by Gasteiger charge is 2.54. The van der Waals surface area contributed by atoms with E-state index < -0.39 is 23.3 Å². The van der Waals surface area contributed by atoms with Crippen LogP contribution in [0.4, 0.5) is 19.4 Å². The Balaban J connectivity index is 1.22. The Morgan fingerprint density at radius 1 is 1.07 bits per heavy atom. The number of benzene rings is 2. The monoisotopic (exact) mass is 732 g/mol. The van der Waals surface area contributed by atoms with Gasteiger partial charge in [0.2, 0.25) is 5.88 Å². The molecule has 7 heterocycles. The van der Waals surface area contributed by atoms with Gasteiger partial charge in [0.05, 0.1) is 29.2 Å². The summed E-state index contributed by atoms with van der Waals surface area (Å²) in [5, 5.41) is 1.29. The van der Waals surface area contributed by atoms with Gasteiger partial charge in [-0.15, -0.1) is 6.42 Å². The van der Waals surface area contributed by atoms with Crippen molar-refractivity contribution in [2.24, 2.45) is 0 Å². The van der Waals surface area contributed by atoms with E-state index in [1.165, 1.54) is 6.07 Å². The second-order valence-electron chi connectivity index (χ2n) is 16.5. The highest BCUT2D eigenvalue weighted by Crippen LogP contribution is 2.48. The first-order valence-electron chi connectivity index (χ1n) is 18.5. The molecule has 278 valence electrons. The summed E-state index contributed by atoms with van der Waals surface area (Å²) in [6.07, 6.45) is 7.90. The van der Waals surface area contributed by atoms with Gasteiger partial charge in [-0.2, -0.15) is 9.97 Å². The number of nitrogens with zero attached hydrogens (tertiary/aromatic N) is 6. The van der Waals surface area contributed by atoms with Crippen LogP contribution in [0.15, 0.2) is 54.6 Å². The number of hydrogen-bond donors (Lipinski definition) is 0. The fraction of sp³-hybridized carbons (Fsp3) is 0.429. The molecular formula is C42H42F2N6O4. The first-order valence-corrected chi connectivity index (χ1v) is 18.5. The number of terminal acetylenes is 1. The van der Waals surface area contributed by atoms with Crippen molar-refractivity contribution < 1.29 is 27.8 Å². The molecule has 4 fully saturated rings. The van der Waals surface area contributed by atoms with Crippen LogP contribution in [-0.2, 0) is 4.74 Å². The third-order valence-electron chi connectivity index (χ3n) is 11.6. The average Bonchev–Trinajstić information content (AvgIpc) is 3.67. The molecule has 2 aromatic carbocycles. The van der Waals surface area contributed by atoms with Gasteiger partial charge in [0.25, 0.3) is 0 Å². The molecule has 2 bridgehead atoms. The van der Waals surface area contributed by atoms with Crippen molar-refractivity contribution in [1.29, 1.82) is 0 Å². The summed E-state index contributed by atoms with van der Waals surface area (Å²) in [5.41, 5.74) is 1.40. The summed E-state index contributed by atoms with van der Waals surface area (Å²) in [7, 11) is 0. The van der Waals surface area contributed by atoms with Gasteiger partial charge in [0.1, 0.15) is 46.5 Å². The first-order chi connectivity index (χ1) is 25.7. The minimum absolute atomic E-state index is 0.00681. The van der Waals surface area contributed by atoms with Crippen LogP contribution in [0.25, 0.3) is 32.9 Å². The lowest BCUT2D eigenvalue weighted by atomic mass is 9.92. The summed E-state index contributed by atoms with van der Waals surface area (Å²) in [6, 6.07) is 7.30. The van der Waals surface area contributed by atoms with Gasteiger partial charge in [-0.05, 0) is 64.8 Å². The lowest BCUT2D eigenvalue weighted by Crippen LogP contribution is -2.65. The Morgan fingerprint density at radius 2 is 1.83 bits per heavy atom. The first kappa shape index (κ1) is 34.5. The standard InChI is InChI=1S/C42H42F2N6O4/c1-8-27-29(43)14-12-25-10-9-11-28(31(25)27)34-33(44)35-32-37(47-39(46-35)52-21-42-16-22(2)18-48(42)19-23(3)17-42)49-20-26-13-15-30(36(49)24(4)53-38(32)45-34)50(26)40(51)54-41(5,6)7/h1,9-12,14,24,26,30,36H,2-3,13,15-21H2,4-7H3/t24-,26+,30-,36+/m0/s1. The number of ether oxygens (including phenoxy) is 3. The number of halogens is 2. The second kappa shape index (κ2) is 12.1. The predicted octanol–water partition coefficient (Wildman–Crippen LogP) is 7.18. The lowest BCUT2D eigenvalue weighted by Gasteiger charge is -2.48. The Bertz CT molecular complexity index is 2330. The van der Waals surface area contributed by atoms with Gasteiger partial charge in [-0.3, -0.25) is 9.80 Å². The molecular weight excluding hydrogens is 690 g/mol. The van der Waals surface area contributed by atoms with E-state index in [-0.39, 0.29) is 65.0 Å². The van der Waals surface area contributed by atoms with Crippen molar-refractivity contribution in [2.75, 3.05) is 31.1 Å². The minimum atomic E-state index is -0.740. The van der Waals surface area contributed by atoms with Gasteiger partial charge in [0.15, 0.2) is 5.82 Å². The van der Waals surface area contributed by atoms with Crippen molar-refractivity contribution in [3.63, 3.8) is 0 Å². The molecule has 54 heavy (non-hydrogen) atoms. The van der Waals surface area contributed by atoms with Crippen LogP contribution in [0.3, 0.4) is 0 Å².